The van der Waals surface area contributed by atoms with E-state index in [4.69, 9.17) is 9.47 Å². The third-order valence-electron chi connectivity index (χ3n) is 9.34. The Balaban J connectivity index is 1.55. The lowest BCUT2D eigenvalue weighted by atomic mass is 9.74. The maximum atomic E-state index is 14.5. The zero-order chi connectivity index (χ0) is 30.1. The molecule has 4 aliphatic heterocycles. The number of unbranched alkanes of at least 4 members (excludes halogenated alkanes) is 2. The Hall–Kier alpha value is -3.17. The van der Waals surface area contributed by atoms with Crippen molar-refractivity contribution >= 4 is 23.4 Å². The Morgan fingerprint density at radius 2 is 1.71 bits per heavy atom. The van der Waals surface area contributed by atoms with Crippen molar-refractivity contribution in [3.8, 4) is 5.75 Å². The van der Waals surface area contributed by atoms with Crippen molar-refractivity contribution < 1.29 is 29.0 Å². The standard InChI is InChI=1S/C33H45N3O6/c1-5-12-23(3)34-20-11-18-33-27(30(39)36(28(33)31(34)40)19-8-7-9-22-37)26-29(38)35(21-10-17-32(26,4)42-33)24-13-15-25(16-14-24)41-6-2/h10-11,13-18,23,26-28,37H,5-9,12,19-22H2,1-4H3/t23?,26-,27-,28?,32+,33-/m0/s1. The molecule has 2 fully saturated rings. The number of carbonyl (C=O) groups is 3. The van der Waals surface area contributed by atoms with Gasteiger partial charge in [-0.3, -0.25) is 14.4 Å². The third-order valence-corrected chi connectivity index (χ3v) is 9.34. The number of rotatable bonds is 11. The lowest BCUT2D eigenvalue weighted by molar-refractivity contribution is -0.152. The summed E-state index contributed by atoms with van der Waals surface area (Å²) >= 11 is 0. The van der Waals surface area contributed by atoms with E-state index < -0.39 is 29.1 Å². The molecule has 0 aliphatic carbocycles. The van der Waals surface area contributed by atoms with Crippen LogP contribution in [0.2, 0.25) is 0 Å². The number of nitrogens with zero attached hydrogens (tertiary/aromatic N) is 3. The van der Waals surface area contributed by atoms with Crippen LogP contribution in [0.15, 0.2) is 48.6 Å². The predicted octanol–water partition coefficient (Wildman–Crippen LogP) is 3.71. The highest BCUT2D eigenvalue weighted by atomic mass is 16.5. The second-order valence-corrected chi connectivity index (χ2v) is 12.1. The van der Waals surface area contributed by atoms with Crippen LogP contribution < -0.4 is 9.64 Å². The maximum Gasteiger partial charge on any atom is 0.249 e. The number of anilines is 1. The average Bonchev–Trinajstić information content (AvgIpc) is 3.22. The molecular formula is C33H45N3O6. The number of aliphatic hydroxyl groups excluding tert-OH is 1. The average molecular weight is 580 g/mol. The second kappa shape index (κ2) is 12.2. The lowest BCUT2D eigenvalue weighted by Crippen LogP contribution is -2.57. The van der Waals surface area contributed by atoms with Gasteiger partial charge in [0.15, 0.2) is 0 Å². The summed E-state index contributed by atoms with van der Waals surface area (Å²) in [5.41, 5.74) is -1.60. The molecule has 6 atom stereocenters. The van der Waals surface area contributed by atoms with Crippen LogP contribution in [0.4, 0.5) is 5.69 Å². The summed E-state index contributed by atoms with van der Waals surface area (Å²) in [6.45, 7) is 9.73. The molecule has 9 nitrogen and oxygen atoms in total. The van der Waals surface area contributed by atoms with Gasteiger partial charge in [0.05, 0.1) is 24.0 Å². The van der Waals surface area contributed by atoms with E-state index in [-0.39, 0.29) is 30.4 Å². The molecule has 1 N–H and O–H groups in total. The molecule has 1 aromatic carbocycles. The molecule has 2 saturated heterocycles. The van der Waals surface area contributed by atoms with Crippen molar-refractivity contribution in [3.63, 3.8) is 0 Å². The number of likely N-dealkylation sites (tertiary alicyclic amines) is 1. The van der Waals surface area contributed by atoms with E-state index in [0.29, 0.717) is 44.8 Å². The van der Waals surface area contributed by atoms with Gasteiger partial charge in [-0.05, 0) is 70.7 Å². The number of carbonyl (C=O) groups excluding carboxylic acids is 3. The van der Waals surface area contributed by atoms with Crippen LogP contribution in [0, 0.1) is 11.8 Å². The van der Waals surface area contributed by atoms with E-state index >= 15 is 0 Å². The van der Waals surface area contributed by atoms with Gasteiger partial charge in [0, 0.05) is 38.0 Å². The van der Waals surface area contributed by atoms with E-state index in [1.165, 1.54) is 0 Å². The maximum absolute atomic E-state index is 14.5. The highest BCUT2D eigenvalue weighted by molar-refractivity contribution is 6.04. The number of fused-ring (bicyclic) bond motifs is 2. The molecule has 0 bridgehead atoms. The fourth-order valence-electron chi connectivity index (χ4n) is 7.44. The predicted molar refractivity (Wildman–Crippen MR) is 160 cm³/mol. The second-order valence-electron chi connectivity index (χ2n) is 12.1. The summed E-state index contributed by atoms with van der Waals surface area (Å²) in [7, 11) is 0. The van der Waals surface area contributed by atoms with E-state index in [2.05, 4.69) is 13.8 Å². The van der Waals surface area contributed by atoms with Gasteiger partial charge in [0.1, 0.15) is 17.4 Å². The zero-order valence-corrected chi connectivity index (χ0v) is 25.3. The topological polar surface area (TPSA) is 99.6 Å². The van der Waals surface area contributed by atoms with E-state index in [0.717, 1.165) is 25.0 Å². The minimum absolute atomic E-state index is 0.00633. The number of benzene rings is 1. The minimum atomic E-state index is -1.26. The summed E-state index contributed by atoms with van der Waals surface area (Å²) in [6, 6.07) is 6.56. The summed E-state index contributed by atoms with van der Waals surface area (Å²) in [4.78, 5) is 48.6. The summed E-state index contributed by atoms with van der Waals surface area (Å²) in [6.07, 6.45) is 11.5. The molecular weight excluding hydrogens is 534 g/mol. The van der Waals surface area contributed by atoms with Crippen molar-refractivity contribution in [1.82, 2.24) is 9.80 Å². The molecule has 228 valence electrons. The van der Waals surface area contributed by atoms with Crippen LogP contribution >= 0.6 is 0 Å². The molecule has 2 unspecified atom stereocenters. The van der Waals surface area contributed by atoms with E-state index in [9.17, 15) is 19.5 Å². The first-order chi connectivity index (χ1) is 20.2. The Kier molecular flexibility index (Phi) is 8.81. The zero-order valence-electron chi connectivity index (χ0n) is 25.3. The molecule has 5 rings (SSSR count). The largest absolute Gasteiger partial charge is 0.494 e. The van der Waals surface area contributed by atoms with Crippen molar-refractivity contribution in [2.24, 2.45) is 11.8 Å². The number of aliphatic hydroxyl groups is 1. The summed E-state index contributed by atoms with van der Waals surface area (Å²) < 4.78 is 12.5. The SMILES string of the molecule is CCCC(C)N1CC=C[C@]23O[C@]4(C)C=CCN(c5ccc(OCC)cc5)C(=O)[C@@H]4[C@H]2C(=O)N(CCCCCO)C3C1=O. The van der Waals surface area contributed by atoms with Crippen molar-refractivity contribution in [3.05, 3.63) is 48.6 Å². The molecule has 4 aliphatic rings. The van der Waals surface area contributed by atoms with Gasteiger partial charge in [-0.25, -0.2) is 0 Å². The first kappa shape index (κ1) is 30.3. The molecule has 1 aromatic rings. The minimum Gasteiger partial charge on any atom is -0.494 e. The normalized spacial score (nSPS) is 31.1. The van der Waals surface area contributed by atoms with Crippen LogP contribution in [0.3, 0.4) is 0 Å². The Morgan fingerprint density at radius 3 is 2.40 bits per heavy atom. The molecule has 0 aromatic heterocycles. The van der Waals surface area contributed by atoms with E-state index in [1.807, 2.05) is 67.3 Å². The van der Waals surface area contributed by atoms with Crippen molar-refractivity contribution in [1.29, 1.82) is 0 Å². The lowest BCUT2D eigenvalue weighted by Gasteiger charge is -2.38. The number of hydrogen-bond donors (Lipinski definition) is 1. The number of ether oxygens (including phenoxy) is 2. The monoisotopic (exact) mass is 579 g/mol. The van der Waals surface area contributed by atoms with Gasteiger partial charge < -0.3 is 29.3 Å². The summed E-state index contributed by atoms with van der Waals surface area (Å²) in [5.74, 6) is -1.45. The molecule has 4 heterocycles. The van der Waals surface area contributed by atoms with Gasteiger partial charge in [0.2, 0.25) is 17.7 Å². The van der Waals surface area contributed by atoms with Crippen molar-refractivity contribution in [2.45, 2.75) is 83.1 Å². The van der Waals surface area contributed by atoms with Gasteiger partial charge in [-0.1, -0.05) is 37.6 Å². The van der Waals surface area contributed by atoms with Crippen LogP contribution in [-0.2, 0) is 19.1 Å². The van der Waals surface area contributed by atoms with Gasteiger partial charge in [0.25, 0.3) is 0 Å². The smallest absolute Gasteiger partial charge is 0.249 e. The fraction of sp³-hybridized carbons (Fsp3) is 0.606. The summed E-state index contributed by atoms with van der Waals surface area (Å²) in [5, 5.41) is 9.30. The van der Waals surface area contributed by atoms with Crippen LogP contribution in [0.5, 0.6) is 5.75 Å². The first-order valence-corrected chi connectivity index (χ1v) is 15.5. The highest BCUT2D eigenvalue weighted by Crippen LogP contribution is 2.57. The molecule has 3 amide bonds. The molecule has 0 radical (unpaired) electrons. The van der Waals surface area contributed by atoms with E-state index in [1.54, 1.807) is 9.80 Å². The molecule has 1 spiro atoms. The van der Waals surface area contributed by atoms with Crippen LogP contribution in [0.25, 0.3) is 0 Å². The Labute approximate surface area is 249 Å². The van der Waals surface area contributed by atoms with Gasteiger partial charge >= 0.3 is 0 Å². The van der Waals surface area contributed by atoms with Gasteiger partial charge in [-0.15, -0.1) is 0 Å². The number of amides is 3. The van der Waals surface area contributed by atoms with Gasteiger partial charge in [-0.2, -0.15) is 0 Å². The Morgan fingerprint density at radius 1 is 0.976 bits per heavy atom. The first-order valence-electron chi connectivity index (χ1n) is 15.5. The van der Waals surface area contributed by atoms with Crippen molar-refractivity contribution in [2.75, 3.05) is 37.7 Å². The van der Waals surface area contributed by atoms with Crippen LogP contribution in [-0.4, -0.2) is 88.8 Å². The fourth-order valence-corrected chi connectivity index (χ4v) is 7.44. The quantitative estimate of drug-likeness (QED) is 0.317. The molecule has 42 heavy (non-hydrogen) atoms. The highest BCUT2D eigenvalue weighted by Gasteiger charge is 2.74. The molecule has 9 heteroatoms. The Bertz CT molecular complexity index is 1230. The third kappa shape index (κ3) is 5.04. The van der Waals surface area contributed by atoms with Crippen LogP contribution in [0.1, 0.15) is 59.8 Å². The number of hydrogen-bond acceptors (Lipinski definition) is 6. The molecule has 0 saturated carbocycles.